The summed E-state index contributed by atoms with van der Waals surface area (Å²) >= 11 is 0. The lowest BCUT2D eigenvalue weighted by Gasteiger charge is -1.95. The van der Waals surface area contributed by atoms with Crippen LogP contribution in [-0.4, -0.2) is 6.18 Å². The number of hydrogen-bond acceptors (Lipinski definition) is 0. The van der Waals surface area contributed by atoms with Crippen LogP contribution in [0.2, 0.25) is 0 Å². The van der Waals surface area contributed by atoms with Crippen LogP contribution in [0.4, 0.5) is 13.2 Å². The van der Waals surface area contributed by atoms with Crippen molar-refractivity contribution in [1.29, 1.82) is 0 Å². The topological polar surface area (TPSA) is 0 Å². The molecule has 0 N–H and O–H groups in total. The van der Waals surface area contributed by atoms with Gasteiger partial charge in [-0.2, -0.15) is 13.2 Å². The summed E-state index contributed by atoms with van der Waals surface area (Å²) in [6.07, 6.45) is -1.46. The molecule has 0 saturated carbocycles. The number of rotatable bonds is 2. The van der Waals surface area contributed by atoms with Crippen LogP contribution in [0.1, 0.15) is 19.8 Å². The lowest BCUT2D eigenvalue weighted by molar-refractivity contribution is -0.0800. The summed E-state index contributed by atoms with van der Waals surface area (Å²) in [5, 5.41) is 0. The average molecular weight is 138 g/mol. The lowest BCUT2D eigenvalue weighted by atomic mass is 10.3. The van der Waals surface area contributed by atoms with Crippen molar-refractivity contribution in [2.24, 2.45) is 0 Å². The van der Waals surface area contributed by atoms with E-state index in [0.717, 1.165) is 12.5 Å². The van der Waals surface area contributed by atoms with E-state index in [1.54, 1.807) is 0 Å². The molecule has 0 radical (unpaired) electrons. The van der Waals surface area contributed by atoms with Crippen molar-refractivity contribution in [3.8, 4) is 0 Å². The van der Waals surface area contributed by atoms with Crippen molar-refractivity contribution in [3.05, 3.63) is 12.2 Å². The minimum Gasteiger partial charge on any atom is -0.167 e. The molecule has 0 aromatic carbocycles. The molecule has 54 valence electrons. The third-order valence-electron chi connectivity index (χ3n) is 0.762. The van der Waals surface area contributed by atoms with Crippen molar-refractivity contribution in [2.75, 3.05) is 0 Å². The first kappa shape index (κ1) is 8.53. The molecule has 0 aliphatic heterocycles. The van der Waals surface area contributed by atoms with Gasteiger partial charge in [0.05, 0.1) is 0 Å². The van der Waals surface area contributed by atoms with Crippen molar-refractivity contribution in [1.82, 2.24) is 0 Å². The fourth-order valence-corrected chi connectivity index (χ4v) is 0.384. The van der Waals surface area contributed by atoms with E-state index in [2.05, 4.69) is 0 Å². The molecule has 0 unspecified atom stereocenters. The molecule has 0 nitrogen and oxygen atoms in total. The maximum absolute atomic E-state index is 11.3. The Morgan fingerprint density at radius 1 is 1.33 bits per heavy atom. The molecule has 0 rings (SSSR count). The zero-order valence-corrected chi connectivity index (χ0v) is 5.20. The summed E-state index contributed by atoms with van der Waals surface area (Å²) in [4.78, 5) is 0. The molecule has 0 aliphatic rings. The molecular weight excluding hydrogens is 129 g/mol. The highest BCUT2D eigenvalue weighted by molar-refractivity contribution is 4.87. The highest BCUT2D eigenvalue weighted by Crippen LogP contribution is 2.16. The molecular formula is C6H9F3. The number of unbranched alkanes of at least 4 members (excludes halogenated alkanes) is 1. The Bertz CT molecular complexity index is 91.0. The fourth-order valence-electron chi connectivity index (χ4n) is 0.384. The van der Waals surface area contributed by atoms with Gasteiger partial charge < -0.3 is 0 Å². The lowest BCUT2D eigenvalue weighted by Crippen LogP contribution is -2.00. The highest BCUT2D eigenvalue weighted by atomic mass is 19.4. The summed E-state index contributed by atoms with van der Waals surface area (Å²) in [6, 6.07) is 0. The Morgan fingerprint density at radius 2 is 1.89 bits per heavy atom. The van der Waals surface area contributed by atoms with E-state index in [0.29, 0.717) is 6.42 Å². The smallest absolute Gasteiger partial charge is 0.167 e. The fraction of sp³-hybridized carbons (Fsp3) is 0.667. The molecule has 0 atom stereocenters. The number of hydrogen-bond donors (Lipinski definition) is 0. The number of halogens is 3. The van der Waals surface area contributed by atoms with E-state index in [4.69, 9.17) is 0 Å². The Labute approximate surface area is 52.4 Å². The van der Waals surface area contributed by atoms with Crippen LogP contribution in [0.25, 0.3) is 0 Å². The Balaban J connectivity index is 3.45. The summed E-state index contributed by atoms with van der Waals surface area (Å²) in [7, 11) is 0. The average Bonchev–Trinajstić information content (AvgIpc) is 1.63. The van der Waals surface area contributed by atoms with E-state index < -0.39 is 6.18 Å². The number of allylic oxidation sites excluding steroid dienone is 2. The Morgan fingerprint density at radius 3 is 2.22 bits per heavy atom. The van der Waals surface area contributed by atoms with Crippen LogP contribution >= 0.6 is 0 Å². The van der Waals surface area contributed by atoms with Gasteiger partial charge in [0.15, 0.2) is 0 Å². The van der Waals surface area contributed by atoms with Crippen LogP contribution < -0.4 is 0 Å². The van der Waals surface area contributed by atoms with E-state index >= 15 is 0 Å². The van der Waals surface area contributed by atoms with Gasteiger partial charge in [-0.3, -0.25) is 0 Å². The molecule has 0 fully saturated rings. The van der Waals surface area contributed by atoms with Crippen LogP contribution in [0.15, 0.2) is 12.2 Å². The van der Waals surface area contributed by atoms with E-state index in [-0.39, 0.29) is 6.08 Å². The monoisotopic (exact) mass is 138 g/mol. The molecule has 0 heterocycles. The summed E-state index contributed by atoms with van der Waals surface area (Å²) in [5.41, 5.74) is 0. The third-order valence-corrected chi connectivity index (χ3v) is 0.762. The Kier molecular flexibility index (Phi) is 3.35. The molecule has 0 amide bonds. The molecule has 0 saturated heterocycles. The van der Waals surface area contributed by atoms with Crippen LogP contribution in [-0.2, 0) is 0 Å². The van der Waals surface area contributed by atoms with Crippen LogP contribution in [0.5, 0.6) is 0 Å². The predicted octanol–water partition coefficient (Wildman–Crippen LogP) is 2.91. The first-order valence-corrected chi connectivity index (χ1v) is 2.80. The predicted molar refractivity (Wildman–Crippen MR) is 30.1 cm³/mol. The molecule has 0 bridgehead atoms. The highest BCUT2D eigenvalue weighted by Gasteiger charge is 2.21. The van der Waals surface area contributed by atoms with Crippen molar-refractivity contribution in [2.45, 2.75) is 25.9 Å². The van der Waals surface area contributed by atoms with Gasteiger partial charge in [-0.15, -0.1) is 0 Å². The zero-order chi connectivity index (χ0) is 7.33. The zero-order valence-electron chi connectivity index (χ0n) is 5.20. The van der Waals surface area contributed by atoms with Gasteiger partial charge in [-0.25, -0.2) is 0 Å². The molecule has 0 aromatic rings. The molecule has 0 spiro atoms. The van der Waals surface area contributed by atoms with Gasteiger partial charge in [0.2, 0.25) is 0 Å². The molecule has 3 heteroatoms. The van der Waals surface area contributed by atoms with Crippen molar-refractivity contribution < 1.29 is 13.2 Å². The van der Waals surface area contributed by atoms with Gasteiger partial charge >= 0.3 is 6.18 Å². The molecule has 0 aromatic heterocycles. The van der Waals surface area contributed by atoms with Gasteiger partial charge in [-0.1, -0.05) is 19.4 Å². The summed E-state index contributed by atoms with van der Waals surface area (Å²) < 4.78 is 33.9. The van der Waals surface area contributed by atoms with E-state index in [9.17, 15) is 13.2 Å². The van der Waals surface area contributed by atoms with Gasteiger partial charge in [0.25, 0.3) is 0 Å². The van der Waals surface area contributed by atoms with Crippen LogP contribution in [0.3, 0.4) is 0 Å². The van der Waals surface area contributed by atoms with Gasteiger partial charge in [0, 0.05) is 6.08 Å². The summed E-state index contributed by atoms with van der Waals surface area (Å²) in [6.45, 7) is 1.83. The maximum Gasteiger partial charge on any atom is 0.409 e. The van der Waals surface area contributed by atoms with Gasteiger partial charge in [-0.05, 0) is 6.42 Å². The van der Waals surface area contributed by atoms with Crippen molar-refractivity contribution in [3.63, 3.8) is 0 Å². The normalized spacial score (nSPS) is 12.9. The quantitative estimate of drug-likeness (QED) is 0.514. The summed E-state index contributed by atoms with van der Waals surface area (Å²) in [5.74, 6) is 0. The first-order valence-electron chi connectivity index (χ1n) is 2.80. The standard InChI is InChI=1S/C6H9F3/c1-2-3-4-5-6(7,8)9/h4-5H,2-3H2,1H3. The third kappa shape index (κ3) is 7.53. The Hall–Kier alpha value is -0.470. The molecule has 0 aliphatic carbocycles. The van der Waals surface area contributed by atoms with Crippen LogP contribution in [0, 0.1) is 0 Å². The SMILES string of the molecule is CCCC=CC(F)(F)F. The second kappa shape index (κ2) is 3.54. The number of alkyl halides is 3. The van der Waals surface area contributed by atoms with E-state index in [1.807, 2.05) is 6.92 Å². The van der Waals surface area contributed by atoms with Gasteiger partial charge in [0.1, 0.15) is 0 Å². The largest absolute Gasteiger partial charge is 0.409 e. The minimum absolute atomic E-state index is 0.274. The molecule has 9 heavy (non-hydrogen) atoms. The second-order valence-corrected chi connectivity index (χ2v) is 1.73. The minimum atomic E-state index is -4.13. The second-order valence-electron chi connectivity index (χ2n) is 1.73. The maximum atomic E-state index is 11.3. The van der Waals surface area contributed by atoms with Crippen molar-refractivity contribution >= 4 is 0 Å². The first-order chi connectivity index (χ1) is 4.06. The van der Waals surface area contributed by atoms with E-state index in [1.165, 1.54) is 0 Å².